The monoisotopic (exact) mass is 409 g/mol. The van der Waals surface area contributed by atoms with Crippen molar-refractivity contribution in [3.8, 4) is 33.8 Å². The molecule has 0 atom stereocenters. The molecule has 0 saturated heterocycles. The highest BCUT2D eigenvalue weighted by atomic mass is 19.1. The molecule has 0 aliphatic rings. The molecule has 0 spiro atoms. The van der Waals surface area contributed by atoms with Gasteiger partial charge in [0.1, 0.15) is 22.7 Å². The molecule has 0 amide bonds. The molecule has 1 aromatic carbocycles. The molecule has 150 valence electrons. The second-order valence-electron chi connectivity index (χ2n) is 7.47. The Bertz CT molecular complexity index is 1540. The van der Waals surface area contributed by atoms with Gasteiger partial charge in [-0.1, -0.05) is 6.07 Å². The zero-order chi connectivity index (χ0) is 20.9. The molecular weight excluding hydrogens is 393 g/mol. The summed E-state index contributed by atoms with van der Waals surface area (Å²) in [6.07, 6.45) is 5.25. The summed E-state index contributed by atoms with van der Waals surface area (Å²) in [5.74, 6) is -0.259. The summed E-state index contributed by atoms with van der Waals surface area (Å²) in [7, 11) is 0. The number of benzene rings is 1. The van der Waals surface area contributed by atoms with E-state index in [9.17, 15) is 4.39 Å². The van der Waals surface area contributed by atoms with Crippen molar-refractivity contribution < 1.29 is 4.39 Å². The zero-order valence-electron chi connectivity index (χ0n) is 16.4. The minimum absolute atomic E-state index is 0.259. The minimum atomic E-state index is -0.259. The largest absolute Gasteiger partial charge is 0.338 e. The van der Waals surface area contributed by atoms with Gasteiger partial charge in [-0.05, 0) is 60.0 Å². The van der Waals surface area contributed by atoms with E-state index in [0.717, 1.165) is 50.1 Å². The standard InChI is InChI=1S/C23H16FN7/c1-12-6-13(8-15(24)7-12)16-4-5-25-23-17(16)9-20(29-23)22-21-19(30-31-22)3-2-18(28-21)14-10-26-27-11-14/h2-11H,1H3,(H,25,29)(H,26,27)(H,30,31). The van der Waals surface area contributed by atoms with Gasteiger partial charge >= 0.3 is 0 Å². The van der Waals surface area contributed by atoms with Crippen LogP contribution in [0.4, 0.5) is 4.39 Å². The maximum Gasteiger partial charge on any atom is 0.138 e. The van der Waals surface area contributed by atoms with Crippen molar-refractivity contribution in [2.45, 2.75) is 6.92 Å². The van der Waals surface area contributed by atoms with Gasteiger partial charge in [0.25, 0.3) is 0 Å². The number of aromatic amines is 3. The molecule has 8 heteroatoms. The third-order valence-electron chi connectivity index (χ3n) is 5.34. The Hall–Kier alpha value is -4.33. The Balaban J connectivity index is 1.53. The average Bonchev–Trinajstić information content (AvgIpc) is 3.50. The summed E-state index contributed by atoms with van der Waals surface area (Å²) in [5, 5.41) is 15.2. The van der Waals surface area contributed by atoms with E-state index in [1.165, 1.54) is 12.1 Å². The fourth-order valence-corrected chi connectivity index (χ4v) is 3.94. The number of fused-ring (bicyclic) bond motifs is 2. The van der Waals surface area contributed by atoms with Crippen LogP contribution in [0, 0.1) is 12.7 Å². The number of aromatic nitrogens is 7. The lowest BCUT2D eigenvalue weighted by Gasteiger charge is -2.05. The van der Waals surface area contributed by atoms with Gasteiger partial charge in [-0.2, -0.15) is 10.2 Å². The first kappa shape index (κ1) is 17.5. The second-order valence-corrected chi connectivity index (χ2v) is 7.47. The van der Waals surface area contributed by atoms with Crippen LogP contribution in [0.1, 0.15) is 5.56 Å². The van der Waals surface area contributed by atoms with E-state index in [-0.39, 0.29) is 5.82 Å². The molecule has 0 aliphatic carbocycles. The normalized spacial score (nSPS) is 11.5. The fourth-order valence-electron chi connectivity index (χ4n) is 3.94. The number of hydrogen-bond acceptors (Lipinski definition) is 4. The lowest BCUT2D eigenvalue weighted by atomic mass is 10.0. The van der Waals surface area contributed by atoms with Crippen LogP contribution in [-0.2, 0) is 0 Å². The quantitative estimate of drug-likeness (QED) is 0.383. The highest BCUT2D eigenvalue weighted by molar-refractivity contribution is 5.99. The number of aryl methyl sites for hydroxylation is 1. The summed E-state index contributed by atoms with van der Waals surface area (Å²) in [6, 6.07) is 12.8. The van der Waals surface area contributed by atoms with Gasteiger partial charge in [0.05, 0.1) is 23.1 Å². The van der Waals surface area contributed by atoms with Crippen LogP contribution in [0.25, 0.3) is 55.8 Å². The maximum atomic E-state index is 14.0. The van der Waals surface area contributed by atoms with E-state index in [1.54, 1.807) is 18.6 Å². The van der Waals surface area contributed by atoms with Gasteiger partial charge in [0.2, 0.25) is 0 Å². The van der Waals surface area contributed by atoms with Crippen molar-refractivity contribution in [3.05, 3.63) is 72.4 Å². The van der Waals surface area contributed by atoms with Crippen molar-refractivity contribution in [2.75, 3.05) is 0 Å². The van der Waals surface area contributed by atoms with Gasteiger partial charge in [-0.15, -0.1) is 0 Å². The summed E-state index contributed by atoms with van der Waals surface area (Å²) < 4.78 is 14.0. The lowest BCUT2D eigenvalue weighted by Crippen LogP contribution is -1.85. The van der Waals surface area contributed by atoms with Crippen molar-refractivity contribution in [2.24, 2.45) is 0 Å². The first-order chi connectivity index (χ1) is 15.2. The predicted molar refractivity (Wildman–Crippen MR) is 117 cm³/mol. The fraction of sp³-hybridized carbons (Fsp3) is 0.0435. The van der Waals surface area contributed by atoms with Crippen LogP contribution in [0.15, 0.2) is 61.1 Å². The van der Waals surface area contributed by atoms with Crippen molar-refractivity contribution in [1.82, 2.24) is 35.3 Å². The maximum absolute atomic E-state index is 14.0. The summed E-state index contributed by atoms with van der Waals surface area (Å²) in [4.78, 5) is 12.6. The van der Waals surface area contributed by atoms with Crippen LogP contribution < -0.4 is 0 Å². The van der Waals surface area contributed by atoms with Gasteiger partial charge in [0.15, 0.2) is 0 Å². The van der Waals surface area contributed by atoms with E-state index < -0.39 is 0 Å². The molecule has 5 heterocycles. The highest BCUT2D eigenvalue weighted by Gasteiger charge is 2.16. The predicted octanol–water partition coefficient (Wildman–Crippen LogP) is 5.01. The Morgan fingerprint density at radius 2 is 1.94 bits per heavy atom. The highest BCUT2D eigenvalue weighted by Crippen LogP contribution is 2.33. The van der Waals surface area contributed by atoms with E-state index in [0.29, 0.717) is 11.3 Å². The van der Waals surface area contributed by atoms with Gasteiger partial charge < -0.3 is 4.98 Å². The Kier molecular flexibility index (Phi) is 3.73. The number of nitrogens with zero attached hydrogens (tertiary/aromatic N) is 4. The van der Waals surface area contributed by atoms with Crippen LogP contribution in [0.3, 0.4) is 0 Å². The molecule has 0 radical (unpaired) electrons. The number of hydrogen-bond donors (Lipinski definition) is 3. The van der Waals surface area contributed by atoms with Crippen molar-refractivity contribution in [3.63, 3.8) is 0 Å². The molecule has 0 unspecified atom stereocenters. The van der Waals surface area contributed by atoms with Gasteiger partial charge in [0, 0.05) is 23.3 Å². The van der Waals surface area contributed by atoms with Crippen LogP contribution in [0.5, 0.6) is 0 Å². The molecule has 0 bridgehead atoms. The van der Waals surface area contributed by atoms with Crippen molar-refractivity contribution in [1.29, 1.82) is 0 Å². The van der Waals surface area contributed by atoms with Crippen LogP contribution in [0.2, 0.25) is 0 Å². The number of halogens is 1. The minimum Gasteiger partial charge on any atom is -0.338 e. The lowest BCUT2D eigenvalue weighted by molar-refractivity contribution is 0.627. The summed E-state index contributed by atoms with van der Waals surface area (Å²) >= 11 is 0. The SMILES string of the molecule is Cc1cc(F)cc(-c2ccnc3[nH]c(-c4n[nH]c5ccc(-c6cn[nH]c6)nc45)cc23)c1. The third kappa shape index (κ3) is 2.88. The zero-order valence-corrected chi connectivity index (χ0v) is 16.4. The topological polar surface area (TPSA) is 98.9 Å². The summed E-state index contributed by atoms with van der Waals surface area (Å²) in [6.45, 7) is 1.88. The molecular formula is C23H16FN7. The molecule has 31 heavy (non-hydrogen) atoms. The molecule has 0 saturated carbocycles. The Morgan fingerprint density at radius 3 is 2.77 bits per heavy atom. The Morgan fingerprint density at radius 1 is 1.00 bits per heavy atom. The smallest absolute Gasteiger partial charge is 0.138 e. The van der Waals surface area contributed by atoms with Gasteiger partial charge in [-0.3, -0.25) is 10.2 Å². The molecule has 0 fully saturated rings. The Labute approximate surface area is 175 Å². The third-order valence-corrected chi connectivity index (χ3v) is 5.34. The van der Waals surface area contributed by atoms with Crippen LogP contribution in [-0.4, -0.2) is 35.3 Å². The second kappa shape index (κ2) is 6.60. The molecule has 0 aliphatic heterocycles. The first-order valence-corrected chi connectivity index (χ1v) is 9.76. The molecule has 6 aromatic rings. The molecule has 7 nitrogen and oxygen atoms in total. The number of pyridine rings is 2. The number of rotatable bonds is 3. The van der Waals surface area contributed by atoms with E-state index in [4.69, 9.17) is 4.98 Å². The average molecular weight is 409 g/mol. The summed E-state index contributed by atoms with van der Waals surface area (Å²) in [5.41, 5.74) is 8.03. The van der Waals surface area contributed by atoms with E-state index >= 15 is 0 Å². The molecule has 5 aromatic heterocycles. The molecule has 3 N–H and O–H groups in total. The van der Waals surface area contributed by atoms with Gasteiger partial charge in [-0.25, -0.2) is 14.4 Å². The van der Waals surface area contributed by atoms with Crippen molar-refractivity contribution >= 4 is 22.1 Å². The van der Waals surface area contributed by atoms with Crippen LogP contribution >= 0.6 is 0 Å². The molecule has 6 rings (SSSR count). The number of H-pyrrole nitrogens is 3. The van der Waals surface area contributed by atoms with E-state index in [1.807, 2.05) is 37.3 Å². The van der Waals surface area contributed by atoms with E-state index in [2.05, 4.69) is 30.4 Å². The first-order valence-electron chi connectivity index (χ1n) is 9.76. The number of nitrogens with one attached hydrogen (secondary N) is 3.